The Bertz CT molecular complexity index is 1150. The highest BCUT2D eigenvalue weighted by atomic mass is 127. The number of aliphatic imine (C=N–C) groups is 1. The molecule has 0 aliphatic carbocycles. The molecule has 0 unspecified atom stereocenters. The molecule has 2 aromatic heterocycles. The third kappa shape index (κ3) is 5.84. The zero-order chi connectivity index (χ0) is 21.5. The van der Waals surface area contributed by atoms with Crippen molar-refractivity contribution < 1.29 is 0 Å². The lowest BCUT2D eigenvalue weighted by atomic mass is 10.1. The predicted octanol–water partition coefficient (Wildman–Crippen LogP) is 3.89. The molecule has 0 radical (unpaired) electrons. The number of nitrogens with zero attached hydrogens (tertiary/aromatic N) is 5. The second-order valence-corrected chi connectivity index (χ2v) is 7.31. The first-order valence-electron chi connectivity index (χ1n) is 10.6. The average Bonchev–Trinajstić information content (AvgIpc) is 3.43. The van der Waals surface area contributed by atoms with Crippen LogP contribution in [0.5, 0.6) is 0 Å². The molecule has 0 aliphatic heterocycles. The van der Waals surface area contributed by atoms with Gasteiger partial charge in [-0.1, -0.05) is 30.3 Å². The van der Waals surface area contributed by atoms with E-state index in [9.17, 15) is 0 Å². The van der Waals surface area contributed by atoms with Gasteiger partial charge in [-0.05, 0) is 44.0 Å². The molecule has 0 bridgehead atoms. The van der Waals surface area contributed by atoms with Crippen molar-refractivity contribution in [2.45, 2.75) is 33.4 Å². The van der Waals surface area contributed by atoms with E-state index in [1.165, 1.54) is 11.8 Å². The SMILES string of the molecule is CCNC(=NCc1cccc(-c2ncn[nH]2)c1)NCCCn1c(C)nc2ccccc21.I. The number of para-hydroxylation sites is 2. The van der Waals surface area contributed by atoms with E-state index in [2.05, 4.69) is 79.5 Å². The minimum absolute atomic E-state index is 0. The smallest absolute Gasteiger partial charge is 0.191 e. The lowest BCUT2D eigenvalue weighted by molar-refractivity contribution is 0.624. The molecule has 4 aromatic rings. The van der Waals surface area contributed by atoms with E-state index in [4.69, 9.17) is 4.99 Å². The molecule has 3 N–H and O–H groups in total. The zero-order valence-electron chi connectivity index (χ0n) is 18.4. The molecule has 0 saturated carbocycles. The lowest BCUT2D eigenvalue weighted by Gasteiger charge is -2.12. The third-order valence-electron chi connectivity index (χ3n) is 5.08. The van der Waals surface area contributed by atoms with Gasteiger partial charge in [-0.3, -0.25) is 5.10 Å². The Morgan fingerprint density at radius 2 is 2.00 bits per heavy atom. The summed E-state index contributed by atoms with van der Waals surface area (Å²) in [6.07, 6.45) is 2.49. The van der Waals surface area contributed by atoms with Crippen molar-refractivity contribution in [2.75, 3.05) is 13.1 Å². The van der Waals surface area contributed by atoms with Gasteiger partial charge in [0.1, 0.15) is 12.2 Å². The van der Waals surface area contributed by atoms with Gasteiger partial charge >= 0.3 is 0 Å². The van der Waals surface area contributed by atoms with E-state index < -0.39 is 0 Å². The van der Waals surface area contributed by atoms with E-state index in [1.807, 2.05) is 18.2 Å². The topological polar surface area (TPSA) is 95.8 Å². The zero-order valence-corrected chi connectivity index (χ0v) is 20.7. The Hall–Kier alpha value is -2.95. The number of aromatic nitrogens is 5. The molecule has 0 amide bonds. The summed E-state index contributed by atoms with van der Waals surface area (Å²) in [5, 5.41) is 13.6. The fourth-order valence-corrected chi connectivity index (χ4v) is 3.60. The standard InChI is InChI=1S/C23H28N8.HI/c1-3-24-23(26-15-18-8-6-9-19(14-18)22-27-16-28-30-22)25-12-7-13-31-17(2)29-20-10-4-5-11-21(20)31;/h4-6,8-11,14,16H,3,7,12-13,15H2,1-2H3,(H2,24,25,26)(H,27,28,30);1H. The van der Waals surface area contributed by atoms with Crippen molar-refractivity contribution in [2.24, 2.45) is 4.99 Å². The van der Waals surface area contributed by atoms with E-state index in [1.54, 1.807) is 0 Å². The van der Waals surface area contributed by atoms with Gasteiger partial charge in [0.05, 0.1) is 17.6 Å². The van der Waals surface area contributed by atoms with E-state index >= 15 is 0 Å². The van der Waals surface area contributed by atoms with E-state index in [0.29, 0.717) is 6.54 Å². The number of aryl methyl sites for hydroxylation is 2. The first-order valence-corrected chi connectivity index (χ1v) is 10.6. The molecule has 168 valence electrons. The summed E-state index contributed by atoms with van der Waals surface area (Å²) in [6.45, 7) is 7.28. The van der Waals surface area contributed by atoms with Crippen molar-refractivity contribution in [1.29, 1.82) is 0 Å². The van der Waals surface area contributed by atoms with E-state index in [0.717, 1.165) is 60.3 Å². The molecule has 9 heteroatoms. The first-order chi connectivity index (χ1) is 15.2. The summed E-state index contributed by atoms with van der Waals surface area (Å²) in [6, 6.07) is 16.5. The Morgan fingerprint density at radius 1 is 1.12 bits per heavy atom. The molecule has 0 spiro atoms. The van der Waals surface area contributed by atoms with Crippen molar-refractivity contribution >= 4 is 41.0 Å². The number of hydrogen-bond acceptors (Lipinski definition) is 4. The molecular weight excluding hydrogens is 515 g/mol. The largest absolute Gasteiger partial charge is 0.357 e. The van der Waals surface area contributed by atoms with Crippen LogP contribution >= 0.6 is 24.0 Å². The van der Waals surface area contributed by atoms with Gasteiger partial charge in [0, 0.05) is 25.2 Å². The second-order valence-electron chi connectivity index (χ2n) is 7.31. The predicted molar refractivity (Wildman–Crippen MR) is 139 cm³/mol. The minimum atomic E-state index is 0. The normalized spacial score (nSPS) is 11.4. The average molecular weight is 544 g/mol. The van der Waals surface area contributed by atoms with Crippen LogP contribution in [-0.4, -0.2) is 43.8 Å². The van der Waals surface area contributed by atoms with Crippen molar-refractivity contribution in [3.8, 4) is 11.4 Å². The number of rotatable bonds is 8. The Morgan fingerprint density at radius 3 is 2.81 bits per heavy atom. The Balaban J connectivity index is 0.00000289. The molecule has 4 rings (SSSR count). The van der Waals surface area contributed by atoms with Crippen LogP contribution in [0.15, 0.2) is 59.9 Å². The van der Waals surface area contributed by atoms with Crippen LogP contribution < -0.4 is 10.6 Å². The molecule has 0 aliphatic rings. The number of fused-ring (bicyclic) bond motifs is 1. The van der Waals surface area contributed by atoms with Gasteiger partial charge in [0.2, 0.25) is 0 Å². The Labute approximate surface area is 205 Å². The summed E-state index contributed by atoms with van der Waals surface area (Å²) < 4.78 is 2.27. The fourth-order valence-electron chi connectivity index (χ4n) is 3.60. The van der Waals surface area contributed by atoms with Crippen LogP contribution in [-0.2, 0) is 13.1 Å². The van der Waals surface area contributed by atoms with Gasteiger partial charge in [0.15, 0.2) is 11.8 Å². The highest BCUT2D eigenvalue weighted by Crippen LogP contribution is 2.16. The summed E-state index contributed by atoms with van der Waals surface area (Å²) in [4.78, 5) is 13.6. The van der Waals surface area contributed by atoms with Gasteiger partial charge in [-0.15, -0.1) is 24.0 Å². The van der Waals surface area contributed by atoms with Gasteiger partial charge in [-0.2, -0.15) is 5.10 Å². The number of benzene rings is 2. The number of imidazole rings is 1. The van der Waals surface area contributed by atoms with Gasteiger partial charge in [-0.25, -0.2) is 15.0 Å². The van der Waals surface area contributed by atoms with Crippen LogP contribution in [0.4, 0.5) is 0 Å². The number of aromatic amines is 1. The second kappa shape index (κ2) is 11.6. The van der Waals surface area contributed by atoms with Gasteiger partial charge in [0.25, 0.3) is 0 Å². The van der Waals surface area contributed by atoms with Crippen LogP contribution in [0.3, 0.4) is 0 Å². The van der Waals surface area contributed by atoms with Crippen LogP contribution in [0, 0.1) is 6.92 Å². The summed E-state index contributed by atoms with van der Waals surface area (Å²) >= 11 is 0. The number of H-pyrrole nitrogens is 1. The summed E-state index contributed by atoms with van der Waals surface area (Å²) in [5.41, 5.74) is 4.36. The van der Waals surface area contributed by atoms with Crippen molar-refractivity contribution in [1.82, 2.24) is 35.4 Å². The minimum Gasteiger partial charge on any atom is -0.357 e. The number of guanidine groups is 1. The van der Waals surface area contributed by atoms with Crippen LogP contribution in [0.25, 0.3) is 22.4 Å². The maximum Gasteiger partial charge on any atom is 0.191 e. The molecule has 2 heterocycles. The van der Waals surface area contributed by atoms with E-state index in [-0.39, 0.29) is 24.0 Å². The van der Waals surface area contributed by atoms with Crippen LogP contribution in [0.1, 0.15) is 24.7 Å². The fraction of sp³-hybridized carbons (Fsp3) is 0.304. The highest BCUT2D eigenvalue weighted by molar-refractivity contribution is 14.0. The molecule has 2 aromatic carbocycles. The third-order valence-corrected chi connectivity index (χ3v) is 5.08. The highest BCUT2D eigenvalue weighted by Gasteiger charge is 2.06. The quantitative estimate of drug-likeness (QED) is 0.135. The van der Waals surface area contributed by atoms with Gasteiger partial charge < -0.3 is 15.2 Å². The number of nitrogens with one attached hydrogen (secondary N) is 3. The monoisotopic (exact) mass is 544 g/mol. The number of halogens is 1. The summed E-state index contributed by atoms with van der Waals surface area (Å²) in [7, 11) is 0. The maximum absolute atomic E-state index is 4.74. The Kier molecular flexibility index (Phi) is 8.60. The van der Waals surface area contributed by atoms with Crippen molar-refractivity contribution in [3.05, 3.63) is 66.2 Å². The number of hydrogen-bond donors (Lipinski definition) is 3. The molecule has 8 nitrogen and oxygen atoms in total. The lowest BCUT2D eigenvalue weighted by Crippen LogP contribution is -2.38. The summed E-state index contributed by atoms with van der Waals surface area (Å²) in [5.74, 6) is 2.63. The molecule has 0 fully saturated rings. The maximum atomic E-state index is 4.74. The molecule has 32 heavy (non-hydrogen) atoms. The first kappa shape index (κ1) is 23.7. The molecule has 0 atom stereocenters. The van der Waals surface area contributed by atoms with Crippen molar-refractivity contribution in [3.63, 3.8) is 0 Å². The molecule has 0 saturated heterocycles. The molecular formula is C23H29IN8. The van der Waals surface area contributed by atoms with Crippen LogP contribution in [0.2, 0.25) is 0 Å².